The highest BCUT2D eigenvalue weighted by molar-refractivity contribution is 14.1. The van der Waals surface area contributed by atoms with E-state index in [0.717, 1.165) is 9.13 Å². The third-order valence-electron chi connectivity index (χ3n) is 6.60. The summed E-state index contributed by atoms with van der Waals surface area (Å²) in [5, 5.41) is 20.2. The highest BCUT2D eigenvalue weighted by Crippen LogP contribution is 2.35. The van der Waals surface area contributed by atoms with Crippen LogP contribution in [0.1, 0.15) is 36.6 Å². The summed E-state index contributed by atoms with van der Waals surface area (Å²) in [5.41, 5.74) is 5.04. The summed E-state index contributed by atoms with van der Waals surface area (Å²) < 4.78 is 23.6. The molecule has 3 aromatic rings. The first kappa shape index (κ1) is 35.1. The summed E-state index contributed by atoms with van der Waals surface area (Å²) in [6, 6.07) is 13.2. The minimum absolute atomic E-state index is 0.00517. The first-order valence-corrected chi connectivity index (χ1v) is 15.8. The summed E-state index contributed by atoms with van der Waals surface area (Å²) in [7, 11) is 1.43. The highest BCUT2D eigenvalue weighted by atomic mass is 127. The van der Waals surface area contributed by atoms with Crippen LogP contribution in [-0.4, -0.2) is 49.4 Å². The molecule has 14 nitrogen and oxygen atoms in total. The van der Waals surface area contributed by atoms with E-state index in [9.17, 15) is 24.5 Å². The van der Waals surface area contributed by atoms with Gasteiger partial charge < -0.3 is 29.6 Å². The number of benzene rings is 3. The number of hydrogen-bond donors (Lipinski definition) is 3. The molecule has 4 rings (SSSR count). The Labute approximate surface area is 291 Å². The van der Waals surface area contributed by atoms with Crippen molar-refractivity contribution in [2.75, 3.05) is 20.3 Å². The second-order valence-corrected chi connectivity index (χ2v) is 11.8. The van der Waals surface area contributed by atoms with Crippen molar-refractivity contribution in [3.05, 3.63) is 101 Å². The van der Waals surface area contributed by atoms with Gasteiger partial charge >= 0.3 is 12.0 Å². The molecule has 0 aliphatic carbocycles. The molecule has 3 amide bonds. The van der Waals surface area contributed by atoms with Gasteiger partial charge in [-0.15, -0.1) is 0 Å². The quantitative estimate of drug-likeness (QED) is 0.0681. The van der Waals surface area contributed by atoms with Crippen LogP contribution >= 0.6 is 38.5 Å². The third kappa shape index (κ3) is 9.19. The van der Waals surface area contributed by atoms with Gasteiger partial charge in [-0.2, -0.15) is 5.10 Å². The topological polar surface area (TPSA) is 180 Å². The number of nitro benzene ring substituents is 1. The largest absolute Gasteiger partial charge is 0.493 e. The van der Waals surface area contributed by atoms with Crippen molar-refractivity contribution in [2.24, 2.45) is 5.10 Å². The van der Waals surface area contributed by atoms with Crippen LogP contribution in [0.2, 0.25) is 0 Å². The molecule has 1 aliphatic rings. The molecule has 0 radical (unpaired) electrons. The van der Waals surface area contributed by atoms with E-state index >= 15 is 0 Å². The Bertz CT molecular complexity index is 1720. The molecule has 1 atom stereocenters. The van der Waals surface area contributed by atoms with E-state index in [0.29, 0.717) is 27.0 Å². The average molecular weight is 822 g/mol. The molecule has 0 bridgehead atoms. The van der Waals surface area contributed by atoms with Crippen molar-refractivity contribution < 1.29 is 38.3 Å². The number of nitro groups is 1. The van der Waals surface area contributed by atoms with E-state index in [1.165, 1.54) is 25.5 Å². The minimum Gasteiger partial charge on any atom is -0.493 e. The fourth-order valence-electron chi connectivity index (χ4n) is 4.42. The van der Waals surface area contributed by atoms with Crippen molar-refractivity contribution in [3.63, 3.8) is 0 Å². The second kappa shape index (κ2) is 16.2. The number of urea groups is 1. The fraction of sp³-hybridized carbons (Fsp3) is 0.226. The van der Waals surface area contributed by atoms with Crippen molar-refractivity contribution in [1.29, 1.82) is 0 Å². The number of methoxy groups -OCH3 is 1. The smallest absolute Gasteiger partial charge is 0.338 e. The van der Waals surface area contributed by atoms with E-state index < -0.39 is 28.9 Å². The highest BCUT2D eigenvalue weighted by Gasteiger charge is 2.32. The van der Waals surface area contributed by atoms with Gasteiger partial charge in [0.2, 0.25) is 0 Å². The lowest BCUT2D eigenvalue weighted by Crippen LogP contribution is -2.45. The maximum atomic E-state index is 12.6. The summed E-state index contributed by atoms with van der Waals surface area (Å²) in [6.45, 7) is 3.31. The maximum Gasteiger partial charge on any atom is 0.338 e. The number of non-ortho nitro benzene ring substituents is 1. The maximum absolute atomic E-state index is 12.6. The fourth-order valence-corrected chi connectivity index (χ4v) is 6.19. The van der Waals surface area contributed by atoms with Crippen LogP contribution in [0.3, 0.4) is 0 Å². The van der Waals surface area contributed by atoms with E-state index in [-0.39, 0.29) is 42.6 Å². The van der Waals surface area contributed by atoms with E-state index in [4.69, 9.17) is 18.9 Å². The molecule has 246 valence electrons. The lowest BCUT2D eigenvalue weighted by atomic mass is 9.95. The van der Waals surface area contributed by atoms with E-state index in [1.807, 2.05) is 6.07 Å². The van der Waals surface area contributed by atoms with Crippen molar-refractivity contribution in [3.8, 4) is 17.2 Å². The predicted molar refractivity (Wildman–Crippen MR) is 182 cm³/mol. The minimum atomic E-state index is -0.790. The normalized spacial score (nSPS) is 14.2. The van der Waals surface area contributed by atoms with E-state index in [1.54, 1.807) is 50.2 Å². The van der Waals surface area contributed by atoms with Gasteiger partial charge in [-0.25, -0.2) is 15.0 Å². The molecule has 1 aliphatic heterocycles. The number of halogens is 2. The standard InChI is InChI=1S/C31H29BrIN5O9/c1-4-45-30(40)27-17(2)35-31(41)36-28(27)20-7-10-24(25(13-20)44-3)46-16-26(39)37-34-14-19-11-22(32)29(23(33)12-19)47-15-18-5-8-21(9-6-18)38(42)43/h5-14,28H,4,15-16H2,1-3H3,(H,37,39)(H2,35,36,41)/b34-14-/t28-/m0/s1. The van der Waals surface area contributed by atoms with Crippen LogP contribution in [0.15, 0.2) is 75.4 Å². The van der Waals surface area contributed by atoms with Crippen LogP contribution in [0, 0.1) is 13.7 Å². The second-order valence-electron chi connectivity index (χ2n) is 9.81. The number of carbonyl (C=O) groups is 3. The van der Waals surface area contributed by atoms with Gasteiger partial charge in [0.15, 0.2) is 18.1 Å². The molecule has 47 heavy (non-hydrogen) atoms. The van der Waals surface area contributed by atoms with Gasteiger partial charge in [-0.05, 0) is 105 Å². The number of nitrogens with one attached hydrogen (secondary N) is 3. The van der Waals surface area contributed by atoms with Gasteiger partial charge in [-0.3, -0.25) is 14.9 Å². The van der Waals surface area contributed by atoms with Gasteiger partial charge in [-0.1, -0.05) is 6.07 Å². The molecule has 0 saturated carbocycles. The molecule has 3 aromatic carbocycles. The van der Waals surface area contributed by atoms with E-state index in [2.05, 4.69) is 59.7 Å². The Hall–Kier alpha value is -4.71. The van der Waals surface area contributed by atoms with Crippen LogP contribution < -0.4 is 30.3 Å². The number of rotatable bonds is 13. The van der Waals surface area contributed by atoms with Crippen LogP contribution in [0.25, 0.3) is 0 Å². The monoisotopic (exact) mass is 821 g/mol. The number of nitrogens with zero attached hydrogens (tertiary/aromatic N) is 2. The zero-order chi connectivity index (χ0) is 34.1. The SMILES string of the molecule is CCOC(=O)C1=C(C)NC(=O)N[C@H]1c1ccc(OCC(=O)N/N=C\c2cc(Br)c(OCc3ccc([N+](=O)[O-])cc3)c(I)c2)c(OC)c1. The van der Waals surface area contributed by atoms with Gasteiger partial charge in [0.25, 0.3) is 11.6 Å². The number of allylic oxidation sites excluding steroid dienone is 1. The number of hydrogen-bond acceptors (Lipinski definition) is 10. The lowest BCUT2D eigenvalue weighted by Gasteiger charge is -2.28. The zero-order valence-electron chi connectivity index (χ0n) is 25.3. The Balaban J connectivity index is 1.34. The predicted octanol–water partition coefficient (Wildman–Crippen LogP) is 5.27. The number of esters is 1. The molecule has 0 fully saturated rings. The molecule has 0 aromatic heterocycles. The molecular weight excluding hydrogens is 793 g/mol. The number of amides is 3. The Morgan fingerprint density at radius 1 is 1.13 bits per heavy atom. The molecule has 0 unspecified atom stereocenters. The summed E-state index contributed by atoms with van der Waals surface area (Å²) >= 11 is 5.60. The van der Waals surface area contributed by atoms with Crippen LogP contribution in [0.5, 0.6) is 17.2 Å². The number of carbonyl (C=O) groups excluding carboxylic acids is 3. The summed E-state index contributed by atoms with van der Waals surface area (Å²) in [6.07, 6.45) is 1.46. The molecule has 0 spiro atoms. The first-order valence-electron chi connectivity index (χ1n) is 13.9. The molecular formula is C31H29BrIN5O9. The summed E-state index contributed by atoms with van der Waals surface area (Å²) in [5.74, 6) is 0.0342. The molecule has 3 N–H and O–H groups in total. The zero-order valence-corrected chi connectivity index (χ0v) is 29.0. The molecule has 16 heteroatoms. The van der Waals surface area contributed by atoms with Gasteiger partial charge in [0.1, 0.15) is 12.4 Å². The lowest BCUT2D eigenvalue weighted by molar-refractivity contribution is -0.384. The molecule has 1 heterocycles. The van der Waals surface area contributed by atoms with Crippen molar-refractivity contribution >= 4 is 68.3 Å². The third-order valence-corrected chi connectivity index (χ3v) is 7.99. The Kier molecular flexibility index (Phi) is 12.1. The van der Waals surface area contributed by atoms with Crippen LogP contribution in [0.4, 0.5) is 10.5 Å². The number of hydrazone groups is 1. The van der Waals surface area contributed by atoms with Gasteiger partial charge in [0, 0.05) is 17.8 Å². The molecule has 0 saturated heterocycles. The summed E-state index contributed by atoms with van der Waals surface area (Å²) in [4.78, 5) is 47.6. The van der Waals surface area contributed by atoms with Crippen molar-refractivity contribution in [1.82, 2.24) is 16.1 Å². The van der Waals surface area contributed by atoms with Crippen molar-refractivity contribution in [2.45, 2.75) is 26.5 Å². The van der Waals surface area contributed by atoms with Gasteiger partial charge in [0.05, 0.1) is 44.5 Å². The first-order chi connectivity index (χ1) is 22.5. The Morgan fingerprint density at radius 3 is 2.53 bits per heavy atom. The van der Waals surface area contributed by atoms with Crippen LogP contribution in [-0.2, 0) is 20.9 Å². The Morgan fingerprint density at radius 2 is 1.87 bits per heavy atom. The average Bonchev–Trinajstić information content (AvgIpc) is 3.03. The number of ether oxygens (including phenoxy) is 4.